The Balaban J connectivity index is 1.51. The lowest BCUT2D eigenvalue weighted by Gasteiger charge is -2.59. The van der Waals surface area contributed by atoms with Crippen LogP contribution in [0.2, 0.25) is 0 Å². The molecule has 0 aromatic carbocycles. The van der Waals surface area contributed by atoms with Crippen molar-refractivity contribution in [2.45, 2.75) is 89.6 Å². The lowest BCUT2D eigenvalue weighted by Crippen LogP contribution is -2.57. The van der Waals surface area contributed by atoms with Crippen LogP contribution in [0.3, 0.4) is 0 Å². The molecule has 1 N–H and O–H groups in total. The predicted octanol–water partition coefficient (Wildman–Crippen LogP) is 3.41. The molecule has 5 aliphatic rings. The monoisotopic (exact) mass is 334 g/mol. The van der Waals surface area contributed by atoms with E-state index in [1.54, 1.807) is 0 Å². The highest BCUT2D eigenvalue weighted by atomic mass is 16.8. The first-order chi connectivity index (χ1) is 11.2. The van der Waals surface area contributed by atoms with Gasteiger partial charge in [-0.3, -0.25) is 4.79 Å². The van der Waals surface area contributed by atoms with E-state index < -0.39 is 5.60 Å². The van der Waals surface area contributed by atoms with Gasteiger partial charge in [0.15, 0.2) is 0 Å². The van der Waals surface area contributed by atoms with Crippen molar-refractivity contribution in [3.05, 3.63) is 0 Å². The van der Waals surface area contributed by atoms with Crippen LogP contribution < -0.4 is 0 Å². The van der Waals surface area contributed by atoms with Gasteiger partial charge in [0.05, 0.1) is 5.60 Å². The van der Waals surface area contributed by atoms with Crippen molar-refractivity contribution in [3.63, 3.8) is 0 Å². The Morgan fingerprint density at radius 2 is 1.67 bits per heavy atom. The van der Waals surface area contributed by atoms with E-state index in [1.807, 2.05) is 0 Å². The Morgan fingerprint density at radius 3 is 2.46 bits per heavy atom. The number of fused-ring (bicyclic) bond motifs is 4. The molecule has 4 nitrogen and oxygen atoms in total. The molecule has 24 heavy (non-hydrogen) atoms. The second kappa shape index (κ2) is 4.37. The number of epoxide rings is 1. The highest BCUT2D eigenvalue weighted by molar-refractivity contribution is 5.70. The maximum absolute atomic E-state index is 11.9. The third kappa shape index (κ3) is 1.61. The van der Waals surface area contributed by atoms with E-state index in [-0.39, 0.29) is 28.7 Å². The number of hydrogen-bond donors (Lipinski definition) is 1. The second-order valence-corrected chi connectivity index (χ2v) is 9.93. The van der Waals surface area contributed by atoms with Crippen molar-refractivity contribution < 1.29 is 19.4 Å². The third-order valence-corrected chi connectivity index (χ3v) is 9.36. The van der Waals surface area contributed by atoms with Crippen LogP contribution in [0.1, 0.15) is 72.1 Å². The Kier molecular flexibility index (Phi) is 2.85. The first-order valence-corrected chi connectivity index (χ1v) is 9.83. The van der Waals surface area contributed by atoms with Crippen molar-refractivity contribution in [2.75, 3.05) is 0 Å². The topological polar surface area (TPSA) is 59.1 Å². The normalized spacial score (nSPS) is 61.8. The molecule has 2 heterocycles. The van der Waals surface area contributed by atoms with Gasteiger partial charge >= 0.3 is 5.97 Å². The van der Waals surface area contributed by atoms with E-state index in [4.69, 9.17) is 9.47 Å². The summed E-state index contributed by atoms with van der Waals surface area (Å²) < 4.78 is 11.6. The molecule has 0 aromatic heterocycles. The second-order valence-electron chi connectivity index (χ2n) is 9.93. The smallest absolute Gasteiger partial charge is 0.308 e. The summed E-state index contributed by atoms with van der Waals surface area (Å²) in [5, 5.41) is 11.0. The van der Waals surface area contributed by atoms with Crippen molar-refractivity contribution in [2.24, 2.45) is 28.6 Å². The first kappa shape index (κ1) is 15.6. The van der Waals surface area contributed by atoms with Gasteiger partial charge in [0.1, 0.15) is 5.60 Å². The van der Waals surface area contributed by atoms with Crippen molar-refractivity contribution in [1.29, 1.82) is 0 Å². The van der Waals surface area contributed by atoms with E-state index in [9.17, 15) is 9.90 Å². The molecule has 0 radical (unpaired) electrons. The fourth-order valence-corrected chi connectivity index (χ4v) is 7.50. The number of ether oxygens (including phenoxy) is 2. The van der Waals surface area contributed by atoms with Gasteiger partial charge in [-0.1, -0.05) is 13.8 Å². The zero-order valence-electron chi connectivity index (χ0n) is 15.1. The lowest BCUT2D eigenvalue weighted by atomic mass is 9.46. The standard InChI is InChI=1S/C20H30O4/c1-17-8-5-14-12(13(17)6-10-19(17,3)22)4-11-20-16(24-20)23-15(21)7-9-18(14,20)2/h12-14,16,22H,4-11H2,1-3H3/t12-,13+,14-,16-,17+,18-,19-,20+/m1/s1. The largest absolute Gasteiger partial charge is 0.432 e. The van der Waals surface area contributed by atoms with Crippen LogP contribution in [0.15, 0.2) is 0 Å². The average molecular weight is 334 g/mol. The molecule has 0 aromatic rings. The molecule has 134 valence electrons. The maximum atomic E-state index is 11.9. The summed E-state index contributed by atoms with van der Waals surface area (Å²) in [5.74, 6) is 1.77. The summed E-state index contributed by atoms with van der Waals surface area (Å²) in [4.78, 5) is 11.9. The van der Waals surface area contributed by atoms with E-state index in [1.165, 1.54) is 0 Å². The summed E-state index contributed by atoms with van der Waals surface area (Å²) in [6.45, 7) is 6.74. The Morgan fingerprint density at radius 1 is 0.958 bits per heavy atom. The average Bonchev–Trinajstić information content (AvgIpc) is 3.16. The van der Waals surface area contributed by atoms with Crippen LogP contribution in [0.25, 0.3) is 0 Å². The molecular weight excluding hydrogens is 304 g/mol. The first-order valence-electron chi connectivity index (χ1n) is 9.83. The Hall–Kier alpha value is -0.610. The summed E-state index contributed by atoms with van der Waals surface area (Å²) >= 11 is 0. The fourth-order valence-electron chi connectivity index (χ4n) is 7.50. The van der Waals surface area contributed by atoms with Gasteiger partial charge in [0.2, 0.25) is 6.29 Å². The molecule has 0 bridgehead atoms. The zero-order chi connectivity index (χ0) is 17.0. The van der Waals surface area contributed by atoms with Gasteiger partial charge in [0, 0.05) is 11.8 Å². The molecule has 3 aliphatic carbocycles. The number of hydrogen-bond acceptors (Lipinski definition) is 4. The lowest BCUT2D eigenvalue weighted by molar-refractivity contribution is -0.150. The number of carbonyl (C=O) groups is 1. The molecule has 2 saturated heterocycles. The minimum absolute atomic E-state index is 0.0442. The van der Waals surface area contributed by atoms with Gasteiger partial charge in [-0.25, -0.2) is 0 Å². The third-order valence-electron chi connectivity index (χ3n) is 9.36. The van der Waals surface area contributed by atoms with Crippen LogP contribution in [0.4, 0.5) is 0 Å². The van der Waals surface area contributed by atoms with Crippen LogP contribution >= 0.6 is 0 Å². The van der Waals surface area contributed by atoms with Crippen molar-refractivity contribution >= 4 is 5.97 Å². The number of aliphatic hydroxyl groups is 1. The highest BCUT2D eigenvalue weighted by Crippen LogP contribution is 2.72. The Labute approximate surface area is 144 Å². The molecule has 4 heteroatoms. The summed E-state index contributed by atoms with van der Waals surface area (Å²) in [7, 11) is 0. The van der Waals surface area contributed by atoms with Gasteiger partial charge in [-0.05, 0) is 75.0 Å². The SMILES string of the molecule is C[C@]12CC[C@@H]3[C@H](CC[C@]45O[C@H]4OC(=O)CC[C@]35C)[C@@H]1CC[C@@]2(C)O. The molecule has 8 atom stereocenters. The highest BCUT2D eigenvalue weighted by Gasteiger charge is 2.76. The van der Waals surface area contributed by atoms with Gasteiger partial charge in [-0.2, -0.15) is 0 Å². The quantitative estimate of drug-likeness (QED) is 0.545. The molecule has 2 aliphatic heterocycles. The Bertz CT molecular complexity index is 600. The summed E-state index contributed by atoms with van der Waals surface area (Å²) in [6, 6.07) is 0. The molecule has 3 saturated carbocycles. The van der Waals surface area contributed by atoms with Gasteiger partial charge in [0.25, 0.3) is 0 Å². The van der Waals surface area contributed by atoms with Gasteiger partial charge in [-0.15, -0.1) is 0 Å². The van der Waals surface area contributed by atoms with Crippen LogP contribution in [0, 0.1) is 28.6 Å². The minimum Gasteiger partial charge on any atom is -0.432 e. The summed E-state index contributed by atoms with van der Waals surface area (Å²) in [6.07, 6.45) is 7.62. The molecule has 5 rings (SSSR count). The van der Waals surface area contributed by atoms with Crippen LogP contribution in [-0.2, 0) is 14.3 Å². The van der Waals surface area contributed by atoms with E-state index in [2.05, 4.69) is 20.8 Å². The molecule has 0 amide bonds. The van der Waals surface area contributed by atoms with Crippen LogP contribution in [0.5, 0.6) is 0 Å². The van der Waals surface area contributed by atoms with E-state index in [0.29, 0.717) is 24.2 Å². The maximum Gasteiger partial charge on any atom is 0.308 e. The predicted molar refractivity (Wildman–Crippen MR) is 87.9 cm³/mol. The molecule has 1 spiro atoms. The van der Waals surface area contributed by atoms with Crippen molar-refractivity contribution in [3.8, 4) is 0 Å². The van der Waals surface area contributed by atoms with E-state index in [0.717, 1.165) is 44.9 Å². The van der Waals surface area contributed by atoms with Crippen molar-refractivity contribution in [1.82, 2.24) is 0 Å². The van der Waals surface area contributed by atoms with E-state index >= 15 is 0 Å². The minimum atomic E-state index is -0.528. The molecule has 0 unspecified atom stereocenters. The fraction of sp³-hybridized carbons (Fsp3) is 0.950. The number of rotatable bonds is 0. The summed E-state index contributed by atoms with van der Waals surface area (Å²) in [5.41, 5.74) is -0.645. The van der Waals surface area contributed by atoms with Gasteiger partial charge < -0.3 is 14.6 Å². The number of esters is 1. The molecular formula is C20H30O4. The number of carbonyl (C=O) groups excluding carboxylic acids is 1. The molecule has 5 fully saturated rings. The van der Waals surface area contributed by atoms with Crippen LogP contribution in [-0.4, -0.2) is 28.6 Å². The zero-order valence-corrected chi connectivity index (χ0v) is 15.1.